The number of allylic oxidation sites excluding steroid dienone is 1. The third-order valence-electron chi connectivity index (χ3n) is 4.07. The van der Waals surface area contributed by atoms with Gasteiger partial charge in [-0.25, -0.2) is 0 Å². The molecule has 5 rings (SSSR count). The number of hydrogen-bond donors (Lipinski definition) is 0. The van der Waals surface area contributed by atoms with Gasteiger partial charge in [0.15, 0.2) is 0 Å². The maximum Gasteiger partial charge on any atom is 0.148 e. The van der Waals surface area contributed by atoms with Gasteiger partial charge in [-0.1, -0.05) is 12.1 Å². The second kappa shape index (κ2) is 4.02. The topological polar surface area (TPSA) is 16.4 Å². The van der Waals surface area contributed by atoms with E-state index in [4.69, 9.17) is 4.42 Å². The monoisotopic (exact) mass is 351 g/mol. The lowest BCUT2D eigenvalue weighted by Gasteiger charge is -2.38. The van der Waals surface area contributed by atoms with Crippen LogP contribution < -0.4 is 0 Å². The number of rotatable bonds is 1. The minimum absolute atomic E-state index is 0.702. The molecule has 3 aliphatic rings. The lowest BCUT2D eigenvalue weighted by atomic mass is 9.84. The van der Waals surface area contributed by atoms with Crippen molar-refractivity contribution in [3.05, 3.63) is 39.8 Å². The molecule has 2 bridgehead atoms. The molecule has 0 spiro atoms. The van der Waals surface area contributed by atoms with Crippen LogP contribution in [0.3, 0.4) is 0 Å². The molecule has 0 radical (unpaired) electrons. The fraction of sp³-hybridized carbons (Fsp3) is 0.333. The van der Waals surface area contributed by atoms with E-state index < -0.39 is 0 Å². The van der Waals surface area contributed by atoms with Gasteiger partial charge in [-0.05, 0) is 53.5 Å². The summed E-state index contributed by atoms with van der Waals surface area (Å²) >= 11 is 2.34. The second-order valence-electron chi connectivity index (χ2n) is 5.16. The Bertz CT molecular complexity index is 635. The maximum absolute atomic E-state index is 6.09. The molecule has 0 saturated carbocycles. The average molecular weight is 351 g/mol. The van der Waals surface area contributed by atoms with Crippen LogP contribution in [-0.2, 0) is 0 Å². The number of furan rings is 1. The van der Waals surface area contributed by atoms with E-state index in [9.17, 15) is 0 Å². The Kier molecular flexibility index (Phi) is 2.43. The minimum atomic E-state index is 0.702. The van der Waals surface area contributed by atoms with E-state index in [-0.39, 0.29) is 0 Å². The highest BCUT2D eigenvalue weighted by atomic mass is 127. The molecule has 3 heteroatoms. The lowest BCUT2D eigenvalue weighted by Crippen LogP contribution is -2.35. The fourth-order valence-electron chi connectivity index (χ4n) is 3.08. The van der Waals surface area contributed by atoms with Crippen LogP contribution in [0.1, 0.15) is 18.6 Å². The first kappa shape index (κ1) is 10.9. The number of piperidine rings is 1. The molecular weight excluding hydrogens is 337 g/mol. The third-order valence-corrected chi connectivity index (χ3v) is 4.92. The molecule has 0 amide bonds. The molecule has 1 saturated heterocycles. The highest BCUT2D eigenvalue weighted by Crippen LogP contribution is 2.39. The van der Waals surface area contributed by atoms with Gasteiger partial charge in [0.2, 0.25) is 0 Å². The molecule has 92 valence electrons. The summed E-state index contributed by atoms with van der Waals surface area (Å²) in [5, 5.41) is 1.22. The van der Waals surface area contributed by atoms with Crippen LogP contribution in [-0.4, -0.2) is 18.0 Å². The molecule has 3 aliphatic heterocycles. The Labute approximate surface area is 120 Å². The predicted octanol–water partition coefficient (Wildman–Crippen LogP) is 4.10. The summed E-state index contributed by atoms with van der Waals surface area (Å²) in [6, 6.07) is 8.52. The molecule has 0 atom stereocenters. The molecular formula is C15H14INO. The first-order valence-electron chi connectivity index (χ1n) is 6.45. The highest BCUT2D eigenvalue weighted by molar-refractivity contribution is 14.1. The largest absolute Gasteiger partial charge is 0.455 e. The van der Waals surface area contributed by atoms with Crippen LogP contribution >= 0.6 is 22.6 Å². The van der Waals surface area contributed by atoms with Gasteiger partial charge in [0, 0.05) is 30.2 Å². The molecule has 0 N–H and O–H groups in total. The van der Waals surface area contributed by atoms with Crippen LogP contribution in [0.2, 0.25) is 0 Å². The summed E-state index contributed by atoms with van der Waals surface area (Å²) < 4.78 is 7.28. The van der Waals surface area contributed by atoms with Crippen molar-refractivity contribution in [1.82, 2.24) is 4.90 Å². The van der Waals surface area contributed by atoms with Crippen LogP contribution in [0.5, 0.6) is 0 Å². The molecule has 1 aromatic carbocycles. The maximum atomic E-state index is 6.09. The standard InChI is InChI=1S/C15H14INO/c16-13-3-1-2-11-8-14(18-15(11)13)12-9-17-6-4-10(12)5-7-17/h1-3,8-10H,4-7H2. The summed E-state index contributed by atoms with van der Waals surface area (Å²) in [4.78, 5) is 2.42. The van der Waals surface area contributed by atoms with Gasteiger partial charge in [-0.3, -0.25) is 0 Å². The summed E-state index contributed by atoms with van der Waals surface area (Å²) in [5.74, 6) is 1.77. The number of para-hydroxylation sites is 1. The molecule has 0 unspecified atom stereocenters. The van der Waals surface area contributed by atoms with E-state index in [1.165, 1.54) is 40.5 Å². The molecule has 0 aliphatic carbocycles. The molecule has 18 heavy (non-hydrogen) atoms. The quantitative estimate of drug-likeness (QED) is 0.720. The number of benzene rings is 1. The Morgan fingerprint density at radius 3 is 2.72 bits per heavy atom. The highest BCUT2D eigenvalue weighted by Gasteiger charge is 2.29. The van der Waals surface area contributed by atoms with Crippen LogP contribution in [0.25, 0.3) is 16.5 Å². The SMILES string of the molecule is Ic1cccc2cc(C3=CN4CCC3CC4)oc12. The van der Waals surface area contributed by atoms with Gasteiger partial charge in [0.1, 0.15) is 11.3 Å². The fourth-order valence-corrected chi connectivity index (χ4v) is 3.71. The predicted molar refractivity (Wildman–Crippen MR) is 81.2 cm³/mol. The van der Waals surface area contributed by atoms with E-state index in [2.05, 4.69) is 58.0 Å². The average Bonchev–Trinajstić information content (AvgIpc) is 2.85. The summed E-state index contributed by atoms with van der Waals surface area (Å²) in [7, 11) is 0. The number of hydrogen-bond acceptors (Lipinski definition) is 2. The molecule has 2 aromatic rings. The zero-order valence-electron chi connectivity index (χ0n) is 10.0. The summed E-state index contributed by atoms with van der Waals surface area (Å²) in [6.45, 7) is 2.43. The van der Waals surface area contributed by atoms with E-state index in [1.807, 2.05) is 0 Å². The number of nitrogens with zero attached hydrogens (tertiary/aromatic N) is 1. The molecule has 2 nitrogen and oxygen atoms in total. The summed E-state index contributed by atoms with van der Waals surface area (Å²) in [6.07, 6.45) is 4.86. The molecule has 4 heterocycles. The lowest BCUT2D eigenvalue weighted by molar-refractivity contribution is 0.250. The van der Waals surface area contributed by atoms with E-state index >= 15 is 0 Å². The van der Waals surface area contributed by atoms with E-state index in [0.717, 1.165) is 11.3 Å². The number of halogens is 1. The first-order chi connectivity index (χ1) is 8.81. The van der Waals surface area contributed by atoms with Crippen molar-refractivity contribution in [3.63, 3.8) is 0 Å². The minimum Gasteiger partial charge on any atom is -0.455 e. The van der Waals surface area contributed by atoms with Crippen molar-refractivity contribution in [2.45, 2.75) is 12.8 Å². The van der Waals surface area contributed by atoms with Crippen LogP contribution in [0.4, 0.5) is 0 Å². The van der Waals surface area contributed by atoms with Gasteiger partial charge in [-0.2, -0.15) is 0 Å². The zero-order valence-corrected chi connectivity index (χ0v) is 12.2. The third kappa shape index (κ3) is 1.60. The van der Waals surface area contributed by atoms with Crippen molar-refractivity contribution in [2.24, 2.45) is 5.92 Å². The zero-order chi connectivity index (χ0) is 12.1. The summed E-state index contributed by atoms with van der Waals surface area (Å²) in [5.41, 5.74) is 2.44. The van der Waals surface area contributed by atoms with Gasteiger partial charge in [-0.15, -0.1) is 0 Å². The normalized spacial score (nSPS) is 19.6. The van der Waals surface area contributed by atoms with Crippen molar-refractivity contribution >= 4 is 39.1 Å². The Morgan fingerprint density at radius 1 is 1.22 bits per heavy atom. The van der Waals surface area contributed by atoms with Crippen molar-refractivity contribution in [2.75, 3.05) is 13.1 Å². The van der Waals surface area contributed by atoms with Crippen LogP contribution in [0, 0.1) is 9.49 Å². The van der Waals surface area contributed by atoms with Gasteiger partial charge in [0.05, 0.1) is 3.57 Å². The molecule has 1 aromatic heterocycles. The molecule has 1 fully saturated rings. The Morgan fingerprint density at radius 2 is 2.06 bits per heavy atom. The first-order valence-corrected chi connectivity index (χ1v) is 7.53. The van der Waals surface area contributed by atoms with Gasteiger partial charge < -0.3 is 9.32 Å². The second-order valence-corrected chi connectivity index (χ2v) is 6.33. The van der Waals surface area contributed by atoms with Crippen molar-refractivity contribution in [1.29, 1.82) is 0 Å². The van der Waals surface area contributed by atoms with Crippen molar-refractivity contribution < 1.29 is 4.42 Å². The van der Waals surface area contributed by atoms with Crippen molar-refractivity contribution in [3.8, 4) is 0 Å². The van der Waals surface area contributed by atoms with Gasteiger partial charge >= 0.3 is 0 Å². The van der Waals surface area contributed by atoms with E-state index in [1.54, 1.807) is 0 Å². The van der Waals surface area contributed by atoms with E-state index in [0.29, 0.717) is 5.92 Å². The smallest absolute Gasteiger partial charge is 0.148 e. The Hall–Kier alpha value is -0.970. The van der Waals surface area contributed by atoms with Crippen LogP contribution in [0.15, 0.2) is 34.9 Å². The number of fused-ring (bicyclic) bond motifs is 3. The Balaban J connectivity index is 1.86. The van der Waals surface area contributed by atoms with Gasteiger partial charge in [0.25, 0.3) is 0 Å².